The fourth-order valence-electron chi connectivity index (χ4n) is 3.25. The number of thioether (sulfide) groups is 1. The molecule has 5 nitrogen and oxygen atoms in total. The normalized spacial score (nSPS) is 16.4. The van der Waals surface area contributed by atoms with Crippen LogP contribution in [-0.4, -0.2) is 27.8 Å². The molecule has 0 saturated carbocycles. The number of benzene rings is 1. The van der Waals surface area contributed by atoms with Gasteiger partial charge in [0, 0.05) is 35.8 Å². The van der Waals surface area contributed by atoms with Crippen molar-refractivity contribution < 1.29 is 4.79 Å². The zero-order valence-corrected chi connectivity index (χ0v) is 15.7. The van der Waals surface area contributed by atoms with Crippen LogP contribution in [0.3, 0.4) is 0 Å². The molecule has 0 fully saturated rings. The molecule has 25 heavy (non-hydrogen) atoms. The lowest BCUT2D eigenvalue weighted by Crippen LogP contribution is -2.43. The van der Waals surface area contributed by atoms with Gasteiger partial charge in [-0.2, -0.15) is 0 Å². The number of amides is 1. The maximum atomic E-state index is 13.0. The van der Waals surface area contributed by atoms with Crippen molar-refractivity contribution in [3.63, 3.8) is 0 Å². The highest BCUT2D eigenvalue weighted by Crippen LogP contribution is 2.28. The van der Waals surface area contributed by atoms with Crippen molar-refractivity contribution in [1.29, 1.82) is 0 Å². The maximum Gasteiger partial charge on any atom is 0.257 e. The Bertz CT molecular complexity index is 833. The minimum atomic E-state index is -0.218. The molecule has 0 aliphatic carbocycles. The molecule has 0 bridgehead atoms. The summed E-state index contributed by atoms with van der Waals surface area (Å²) >= 11 is 1.50. The summed E-state index contributed by atoms with van der Waals surface area (Å²) in [6.07, 6.45) is 0.659. The quantitative estimate of drug-likeness (QED) is 0.790. The maximum absolute atomic E-state index is 13.0. The van der Waals surface area contributed by atoms with Crippen LogP contribution in [0.5, 0.6) is 0 Å². The lowest BCUT2D eigenvalue weighted by molar-refractivity contribution is -0.122. The zero-order valence-electron chi connectivity index (χ0n) is 14.9. The number of carbonyl (C=O) groups excluding carboxylic acids is 1. The SMILES string of the molecule is CCc1c(C)nc2n(c1=O)CC(C(=O)N(CC)c1ccccc1)CS2. The molecule has 1 unspecified atom stereocenters. The molecule has 3 rings (SSSR count). The summed E-state index contributed by atoms with van der Waals surface area (Å²) in [5.41, 5.74) is 2.44. The molecule has 0 saturated heterocycles. The summed E-state index contributed by atoms with van der Waals surface area (Å²) < 4.78 is 1.68. The van der Waals surface area contributed by atoms with Crippen molar-refractivity contribution >= 4 is 23.4 Å². The number of aromatic nitrogens is 2. The van der Waals surface area contributed by atoms with Gasteiger partial charge in [0.1, 0.15) is 0 Å². The molecule has 2 heterocycles. The standard InChI is InChI=1S/C19H23N3O2S/c1-4-16-13(3)20-19-22(18(16)24)11-14(12-25-19)17(23)21(5-2)15-9-7-6-8-10-15/h6-10,14H,4-5,11-12H2,1-3H3. The van der Waals surface area contributed by atoms with Gasteiger partial charge in [0.15, 0.2) is 5.16 Å². The number of rotatable bonds is 4. The first-order valence-corrected chi connectivity index (χ1v) is 9.64. The predicted molar refractivity (Wildman–Crippen MR) is 101 cm³/mol. The van der Waals surface area contributed by atoms with Crippen LogP contribution in [0.2, 0.25) is 0 Å². The van der Waals surface area contributed by atoms with E-state index in [9.17, 15) is 9.59 Å². The van der Waals surface area contributed by atoms with Gasteiger partial charge >= 0.3 is 0 Å². The van der Waals surface area contributed by atoms with Gasteiger partial charge in [-0.25, -0.2) is 4.98 Å². The van der Waals surface area contributed by atoms with E-state index in [4.69, 9.17) is 0 Å². The number of aryl methyl sites for hydroxylation is 1. The second-order valence-electron chi connectivity index (χ2n) is 6.15. The van der Waals surface area contributed by atoms with E-state index in [-0.39, 0.29) is 17.4 Å². The van der Waals surface area contributed by atoms with Crippen molar-refractivity contribution in [2.45, 2.75) is 38.9 Å². The molecule has 1 aliphatic rings. The average Bonchev–Trinajstić information content (AvgIpc) is 2.63. The molecular weight excluding hydrogens is 334 g/mol. The molecule has 1 aromatic heterocycles. The Morgan fingerprint density at radius 2 is 2.04 bits per heavy atom. The summed E-state index contributed by atoms with van der Waals surface area (Å²) in [5.74, 6) is 0.501. The third-order valence-electron chi connectivity index (χ3n) is 4.60. The second-order valence-corrected chi connectivity index (χ2v) is 7.14. The third-order valence-corrected chi connectivity index (χ3v) is 5.74. The van der Waals surface area contributed by atoms with E-state index in [2.05, 4.69) is 4.98 Å². The van der Waals surface area contributed by atoms with Crippen molar-refractivity contribution in [3.05, 3.63) is 51.9 Å². The van der Waals surface area contributed by atoms with Crippen LogP contribution in [0.25, 0.3) is 0 Å². The number of hydrogen-bond donors (Lipinski definition) is 0. The lowest BCUT2D eigenvalue weighted by Gasteiger charge is -2.30. The van der Waals surface area contributed by atoms with E-state index in [0.717, 1.165) is 22.1 Å². The van der Waals surface area contributed by atoms with E-state index >= 15 is 0 Å². The van der Waals surface area contributed by atoms with Crippen LogP contribution in [0, 0.1) is 12.8 Å². The van der Waals surface area contributed by atoms with Gasteiger partial charge in [-0.05, 0) is 32.4 Å². The van der Waals surface area contributed by atoms with Crippen LogP contribution in [0.1, 0.15) is 25.1 Å². The Morgan fingerprint density at radius 1 is 1.32 bits per heavy atom. The Kier molecular flexibility index (Phi) is 5.27. The molecule has 1 amide bonds. The monoisotopic (exact) mass is 357 g/mol. The first kappa shape index (κ1) is 17.7. The highest BCUT2D eigenvalue weighted by atomic mass is 32.2. The lowest BCUT2D eigenvalue weighted by atomic mass is 10.1. The number of nitrogens with zero attached hydrogens (tertiary/aromatic N) is 3. The molecule has 2 aromatic rings. The molecule has 1 atom stereocenters. The van der Waals surface area contributed by atoms with E-state index in [1.54, 1.807) is 9.47 Å². The Balaban J connectivity index is 1.89. The first-order chi connectivity index (χ1) is 12.1. The predicted octanol–water partition coefficient (Wildman–Crippen LogP) is 2.89. The fraction of sp³-hybridized carbons (Fsp3) is 0.421. The summed E-state index contributed by atoms with van der Waals surface area (Å²) in [7, 11) is 0. The third kappa shape index (κ3) is 3.35. The number of anilines is 1. The van der Waals surface area contributed by atoms with Crippen molar-refractivity contribution in [3.8, 4) is 0 Å². The first-order valence-electron chi connectivity index (χ1n) is 8.66. The molecule has 0 spiro atoms. The largest absolute Gasteiger partial charge is 0.312 e. The molecular formula is C19H23N3O2S. The highest BCUT2D eigenvalue weighted by molar-refractivity contribution is 7.99. The van der Waals surface area contributed by atoms with Gasteiger partial charge in [0.25, 0.3) is 5.56 Å². The Morgan fingerprint density at radius 3 is 2.68 bits per heavy atom. The van der Waals surface area contributed by atoms with Crippen molar-refractivity contribution in [2.75, 3.05) is 17.2 Å². The van der Waals surface area contributed by atoms with E-state index in [0.29, 0.717) is 25.3 Å². The van der Waals surface area contributed by atoms with Gasteiger partial charge < -0.3 is 4.90 Å². The number of hydrogen-bond acceptors (Lipinski definition) is 4. The molecule has 0 N–H and O–H groups in total. The van der Waals surface area contributed by atoms with Crippen LogP contribution in [0.4, 0.5) is 5.69 Å². The number of fused-ring (bicyclic) bond motifs is 1. The minimum absolute atomic E-state index is 0.00207. The van der Waals surface area contributed by atoms with Crippen LogP contribution < -0.4 is 10.5 Å². The van der Waals surface area contributed by atoms with Gasteiger partial charge in [0.05, 0.1) is 5.92 Å². The van der Waals surface area contributed by atoms with Crippen LogP contribution >= 0.6 is 11.8 Å². The van der Waals surface area contributed by atoms with Crippen molar-refractivity contribution in [2.24, 2.45) is 5.92 Å². The smallest absolute Gasteiger partial charge is 0.257 e. The van der Waals surface area contributed by atoms with Crippen molar-refractivity contribution in [1.82, 2.24) is 9.55 Å². The number of para-hydroxylation sites is 1. The van der Waals surface area contributed by atoms with Crippen LogP contribution in [0.15, 0.2) is 40.3 Å². The molecule has 132 valence electrons. The molecule has 1 aliphatic heterocycles. The molecule has 1 aromatic carbocycles. The number of carbonyl (C=O) groups is 1. The Hall–Kier alpha value is -2.08. The second kappa shape index (κ2) is 7.44. The topological polar surface area (TPSA) is 55.2 Å². The zero-order chi connectivity index (χ0) is 18.0. The van der Waals surface area contributed by atoms with E-state index in [1.165, 1.54) is 11.8 Å². The molecule has 0 radical (unpaired) electrons. The summed E-state index contributed by atoms with van der Waals surface area (Å²) in [6.45, 7) is 6.83. The average molecular weight is 357 g/mol. The fourth-order valence-corrected chi connectivity index (χ4v) is 4.36. The van der Waals surface area contributed by atoms with Gasteiger partial charge in [-0.3, -0.25) is 14.2 Å². The summed E-state index contributed by atoms with van der Waals surface area (Å²) in [4.78, 5) is 32.1. The van der Waals surface area contributed by atoms with E-state index < -0.39 is 0 Å². The van der Waals surface area contributed by atoms with Gasteiger partial charge in [0.2, 0.25) is 5.91 Å². The Labute approximate surface area is 152 Å². The van der Waals surface area contributed by atoms with Crippen LogP contribution in [-0.2, 0) is 17.8 Å². The minimum Gasteiger partial charge on any atom is -0.312 e. The summed E-state index contributed by atoms with van der Waals surface area (Å²) in [6, 6.07) is 9.69. The van der Waals surface area contributed by atoms with Gasteiger partial charge in [-0.1, -0.05) is 36.9 Å². The van der Waals surface area contributed by atoms with E-state index in [1.807, 2.05) is 51.1 Å². The molecule has 6 heteroatoms. The highest BCUT2D eigenvalue weighted by Gasteiger charge is 2.31. The van der Waals surface area contributed by atoms with Gasteiger partial charge in [-0.15, -0.1) is 0 Å². The summed E-state index contributed by atoms with van der Waals surface area (Å²) in [5, 5.41) is 0.728.